The summed E-state index contributed by atoms with van der Waals surface area (Å²) in [5, 5.41) is 10.8. The van der Waals surface area contributed by atoms with Crippen molar-refractivity contribution in [3.8, 4) is 5.88 Å². The molecule has 3 N–H and O–H groups in total. The van der Waals surface area contributed by atoms with E-state index in [0.29, 0.717) is 24.1 Å². The third-order valence-corrected chi connectivity index (χ3v) is 2.17. The van der Waals surface area contributed by atoms with Crippen molar-refractivity contribution in [2.24, 2.45) is 0 Å². The molecule has 0 bridgehead atoms. The molecule has 6 nitrogen and oxygen atoms in total. The van der Waals surface area contributed by atoms with Crippen LogP contribution in [0, 0.1) is 0 Å². The number of nitrogens with one attached hydrogen (secondary N) is 1. The van der Waals surface area contributed by atoms with Crippen molar-refractivity contribution in [2.45, 2.75) is 6.54 Å². The molecule has 2 heterocycles. The Morgan fingerprint density at radius 3 is 2.71 bits per heavy atom. The van der Waals surface area contributed by atoms with Gasteiger partial charge in [-0.15, -0.1) is 10.2 Å². The first kappa shape index (κ1) is 11.1. The Labute approximate surface area is 98.8 Å². The summed E-state index contributed by atoms with van der Waals surface area (Å²) in [5.41, 5.74) is 6.47. The molecule has 88 valence electrons. The quantitative estimate of drug-likeness (QED) is 0.818. The maximum Gasteiger partial charge on any atom is 0.212 e. The molecule has 0 unspecified atom stereocenters. The van der Waals surface area contributed by atoms with Crippen molar-refractivity contribution < 1.29 is 4.74 Å². The number of aromatic nitrogens is 3. The molecule has 0 amide bonds. The van der Waals surface area contributed by atoms with E-state index < -0.39 is 0 Å². The normalized spacial score (nSPS) is 9.94. The van der Waals surface area contributed by atoms with Gasteiger partial charge in [0.25, 0.3) is 0 Å². The monoisotopic (exact) mass is 231 g/mol. The third-order valence-electron chi connectivity index (χ3n) is 2.17. The average molecular weight is 231 g/mol. The highest BCUT2D eigenvalue weighted by Crippen LogP contribution is 2.09. The first-order valence-electron chi connectivity index (χ1n) is 5.10. The number of methoxy groups -OCH3 is 1. The van der Waals surface area contributed by atoms with E-state index in [9.17, 15) is 0 Å². The van der Waals surface area contributed by atoms with Crippen LogP contribution in [0.2, 0.25) is 0 Å². The number of hydrogen-bond acceptors (Lipinski definition) is 6. The number of hydrogen-bond donors (Lipinski definition) is 2. The van der Waals surface area contributed by atoms with Gasteiger partial charge in [0.2, 0.25) is 5.88 Å². The smallest absolute Gasteiger partial charge is 0.212 e. The lowest BCUT2D eigenvalue weighted by Gasteiger charge is -2.05. The molecule has 6 heteroatoms. The van der Waals surface area contributed by atoms with Gasteiger partial charge >= 0.3 is 0 Å². The summed E-state index contributed by atoms with van der Waals surface area (Å²) < 4.78 is 4.98. The third kappa shape index (κ3) is 3.04. The Hall–Kier alpha value is -2.37. The van der Waals surface area contributed by atoms with E-state index in [1.807, 2.05) is 12.1 Å². The van der Waals surface area contributed by atoms with Gasteiger partial charge in [0.05, 0.1) is 7.11 Å². The van der Waals surface area contributed by atoms with Crippen LogP contribution in [0.1, 0.15) is 5.56 Å². The largest absolute Gasteiger partial charge is 0.481 e. The standard InChI is InChI=1S/C11H13N5O/c1-17-11-5-2-8(7-14-11)6-13-10-4-3-9(12)15-16-10/h2-5,7H,6H2,1H3,(H2,12,15)(H,13,16). The molecule has 0 saturated heterocycles. The number of ether oxygens (including phenoxy) is 1. The lowest BCUT2D eigenvalue weighted by atomic mass is 10.3. The minimum Gasteiger partial charge on any atom is -0.481 e. The molecule has 0 aliphatic rings. The predicted octanol–water partition coefficient (Wildman–Crippen LogP) is 1.07. The highest BCUT2D eigenvalue weighted by atomic mass is 16.5. The van der Waals surface area contributed by atoms with Crippen LogP contribution < -0.4 is 15.8 Å². The molecular weight excluding hydrogens is 218 g/mol. The molecule has 2 aromatic heterocycles. The van der Waals surface area contributed by atoms with Crippen molar-refractivity contribution in [3.63, 3.8) is 0 Å². The molecule has 0 aliphatic carbocycles. The number of nitrogens with zero attached hydrogens (tertiary/aromatic N) is 3. The van der Waals surface area contributed by atoms with E-state index in [-0.39, 0.29) is 0 Å². The molecule has 0 aliphatic heterocycles. The minimum absolute atomic E-state index is 0.404. The van der Waals surface area contributed by atoms with Gasteiger partial charge in [-0.05, 0) is 17.7 Å². The van der Waals surface area contributed by atoms with E-state index in [1.54, 1.807) is 25.4 Å². The topological polar surface area (TPSA) is 86.0 Å². The van der Waals surface area contributed by atoms with E-state index in [4.69, 9.17) is 10.5 Å². The van der Waals surface area contributed by atoms with Gasteiger partial charge in [0, 0.05) is 18.8 Å². The predicted molar refractivity (Wildman–Crippen MR) is 64.6 cm³/mol. The van der Waals surface area contributed by atoms with Gasteiger partial charge in [0.1, 0.15) is 11.6 Å². The summed E-state index contributed by atoms with van der Waals surface area (Å²) >= 11 is 0. The van der Waals surface area contributed by atoms with Crippen molar-refractivity contribution in [1.82, 2.24) is 15.2 Å². The number of anilines is 2. The molecule has 2 rings (SSSR count). The second-order valence-corrected chi connectivity index (χ2v) is 3.41. The summed E-state index contributed by atoms with van der Waals surface area (Å²) in [6, 6.07) is 7.22. The van der Waals surface area contributed by atoms with Gasteiger partial charge < -0.3 is 15.8 Å². The Morgan fingerprint density at radius 1 is 1.24 bits per heavy atom. The van der Waals surface area contributed by atoms with Crippen LogP contribution in [0.25, 0.3) is 0 Å². The molecular formula is C11H13N5O. The van der Waals surface area contributed by atoms with Crippen LogP contribution in [0.4, 0.5) is 11.6 Å². The SMILES string of the molecule is COc1ccc(CNc2ccc(N)nn2)cn1. The van der Waals surface area contributed by atoms with Crippen molar-refractivity contribution >= 4 is 11.6 Å². The molecule has 0 atom stereocenters. The number of nitrogen functional groups attached to an aromatic ring is 1. The second-order valence-electron chi connectivity index (χ2n) is 3.41. The summed E-state index contributed by atoms with van der Waals surface area (Å²) in [6.45, 7) is 0.621. The summed E-state index contributed by atoms with van der Waals surface area (Å²) in [4.78, 5) is 4.11. The van der Waals surface area contributed by atoms with Gasteiger partial charge in [0.15, 0.2) is 0 Å². The van der Waals surface area contributed by atoms with Crippen molar-refractivity contribution in [2.75, 3.05) is 18.2 Å². The lowest BCUT2D eigenvalue weighted by molar-refractivity contribution is 0.397. The first-order valence-corrected chi connectivity index (χ1v) is 5.10. The van der Waals surface area contributed by atoms with Gasteiger partial charge in [-0.2, -0.15) is 0 Å². The van der Waals surface area contributed by atoms with Crippen molar-refractivity contribution in [1.29, 1.82) is 0 Å². The van der Waals surface area contributed by atoms with E-state index in [0.717, 1.165) is 5.56 Å². The van der Waals surface area contributed by atoms with Gasteiger partial charge in [-0.1, -0.05) is 6.07 Å². The Balaban J connectivity index is 1.95. The van der Waals surface area contributed by atoms with Crippen LogP contribution in [-0.2, 0) is 6.54 Å². The molecule has 0 fully saturated rings. The van der Waals surface area contributed by atoms with Crippen LogP contribution in [0.15, 0.2) is 30.5 Å². The van der Waals surface area contributed by atoms with Crippen LogP contribution in [0.3, 0.4) is 0 Å². The molecule has 0 saturated carbocycles. The summed E-state index contributed by atoms with van der Waals surface area (Å²) in [5.74, 6) is 1.68. The molecule has 0 aromatic carbocycles. The summed E-state index contributed by atoms with van der Waals surface area (Å²) in [6.07, 6.45) is 1.75. The number of rotatable bonds is 4. The zero-order chi connectivity index (χ0) is 12.1. The molecule has 0 spiro atoms. The minimum atomic E-state index is 0.404. The Bertz CT molecular complexity index is 468. The fourth-order valence-electron chi connectivity index (χ4n) is 1.27. The zero-order valence-corrected chi connectivity index (χ0v) is 9.42. The average Bonchev–Trinajstić information content (AvgIpc) is 2.39. The van der Waals surface area contributed by atoms with Crippen LogP contribution >= 0.6 is 0 Å². The van der Waals surface area contributed by atoms with Crippen LogP contribution in [-0.4, -0.2) is 22.3 Å². The molecule has 2 aromatic rings. The molecule has 17 heavy (non-hydrogen) atoms. The molecule has 0 radical (unpaired) electrons. The maximum absolute atomic E-state index is 5.44. The second kappa shape index (κ2) is 5.11. The summed E-state index contributed by atoms with van der Waals surface area (Å²) in [7, 11) is 1.59. The lowest BCUT2D eigenvalue weighted by Crippen LogP contribution is -2.03. The van der Waals surface area contributed by atoms with Gasteiger partial charge in [-0.3, -0.25) is 0 Å². The van der Waals surface area contributed by atoms with E-state index in [2.05, 4.69) is 20.5 Å². The highest BCUT2D eigenvalue weighted by Gasteiger charge is 1.97. The fourth-order valence-corrected chi connectivity index (χ4v) is 1.27. The van der Waals surface area contributed by atoms with E-state index in [1.165, 1.54) is 0 Å². The van der Waals surface area contributed by atoms with Gasteiger partial charge in [-0.25, -0.2) is 4.98 Å². The number of pyridine rings is 1. The Kier molecular flexibility index (Phi) is 3.34. The fraction of sp³-hybridized carbons (Fsp3) is 0.182. The van der Waals surface area contributed by atoms with Crippen LogP contribution in [0.5, 0.6) is 5.88 Å². The van der Waals surface area contributed by atoms with E-state index >= 15 is 0 Å². The number of nitrogens with two attached hydrogens (primary N) is 1. The van der Waals surface area contributed by atoms with Crippen molar-refractivity contribution in [3.05, 3.63) is 36.0 Å². The Morgan fingerprint density at radius 2 is 2.12 bits per heavy atom. The highest BCUT2D eigenvalue weighted by molar-refractivity contribution is 5.39. The zero-order valence-electron chi connectivity index (χ0n) is 9.42. The maximum atomic E-state index is 5.44. The first-order chi connectivity index (χ1) is 8.28.